The van der Waals surface area contributed by atoms with E-state index in [-0.39, 0.29) is 5.91 Å². The van der Waals surface area contributed by atoms with E-state index in [1.165, 1.54) is 0 Å². The van der Waals surface area contributed by atoms with Crippen molar-refractivity contribution in [2.24, 2.45) is 0 Å². The third kappa shape index (κ3) is 4.76. The first-order chi connectivity index (χ1) is 13.0. The molecule has 0 aliphatic heterocycles. The molecule has 3 aromatic rings. The van der Waals surface area contributed by atoms with Gasteiger partial charge in [0, 0.05) is 24.6 Å². The van der Waals surface area contributed by atoms with Gasteiger partial charge in [-0.05, 0) is 42.2 Å². The molecule has 140 valence electrons. The van der Waals surface area contributed by atoms with Gasteiger partial charge in [0.05, 0.1) is 6.33 Å². The molecular formula is C22H25N3O2. The molecule has 1 N–H and O–H groups in total. The van der Waals surface area contributed by atoms with Gasteiger partial charge in [-0.15, -0.1) is 0 Å². The zero-order valence-corrected chi connectivity index (χ0v) is 15.9. The van der Waals surface area contributed by atoms with E-state index in [1.54, 1.807) is 19.4 Å². The van der Waals surface area contributed by atoms with Crippen LogP contribution in [0, 0.1) is 0 Å². The third-order valence-corrected chi connectivity index (χ3v) is 4.42. The summed E-state index contributed by atoms with van der Waals surface area (Å²) in [5.74, 6) is 0.970. The molecule has 0 saturated heterocycles. The molecule has 3 rings (SSSR count). The lowest BCUT2D eigenvalue weighted by molar-refractivity contribution is -0.127. The SMILES string of the molecule is CC(C)c1ccccc1O[C@H](C)C(=O)NCc1ccc(-n2ccnc2)cc1. The highest BCUT2D eigenvalue weighted by Gasteiger charge is 2.16. The highest BCUT2D eigenvalue weighted by atomic mass is 16.5. The molecule has 0 aliphatic rings. The van der Waals surface area contributed by atoms with Crippen LogP contribution in [0.1, 0.15) is 37.8 Å². The average Bonchev–Trinajstić information content (AvgIpc) is 3.21. The fraction of sp³-hybridized carbons (Fsp3) is 0.273. The zero-order chi connectivity index (χ0) is 19.2. The average molecular weight is 363 g/mol. The van der Waals surface area contributed by atoms with Crippen LogP contribution in [0.4, 0.5) is 0 Å². The molecule has 1 heterocycles. The van der Waals surface area contributed by atoms with Crippen molar-refractivity contribution >= 4 is 5.91 Å². The van der Waals surface area contributed by atoms with E-state index in [9.17, 15) is 4.79 Å². The number of nitrogens with zero attached hydrogens (tertiary/aromatic N) is 2. The van der Waals surface area contributed by atoms with Gasteiger partial charge in [-0.25, -0.2) is 4.98 Å². The molecule has 5 heteroatoms. The standard InChI is InChI=1S/C22H25N3O2/c1-16(2)20-6-4-5-7-21(20)27-17(3)22(26)24-14-18-8-10-19(11-9-18)25-13-12-23-15-25/h4-13,15-17H,14H2,1-3H3,(H,24,26)/t17-/m1/s1. The molecule has 0 saturated carbocycles. The lowest BCUT2D eigenvalue weighted by atomic mass is 10.0. The van der Waals surface area contributed by atoms with Gasteiger partial charge in [-0.3, -0.25) is 4.79 Å². The maximum atomic E-state index is 12.4. The second-order valence-corrected chi connectivity index (χ2v) is 6.81. The molecule has 27 heavy (non-hydrogen) atoms. The minimum Gasteiger partial charge on any atom is -0.481 e. The lowest BCUT2D eigenvalue weighted by Crippen LogP contribution is -2.36. The van der Waals surface area contributed by atoms with Crippen LogP contribution >= 0.6 is 0 Å². The van der Waals surface area contributed by atoms with E-state index >= 15 is 0 Å². The van der Waals surface area contributed by atoms with Crippen LogP contribution in [0.25, 0.3) is 5.69 Å². The van der Waals surface area contributed by atoms with E-state index < -0.39 is 6.10 Å². The summed E-state index contributed by atoms with van der Waals surface area (Å²) in [6, 6.07) is 15.8. The summed E-state index contributed by atoms with van der Waals surface area (Å²) in [6.45, 7) is 6.46. The molecule has 1 atom stereocenters. The second-order valence-electron chi connectivity index (χ2n) is 6.81. The van der Waals surface area contributed by atoms with Gasteiger partial charge in [0.2, 0.25) is 0 Å². The van der Waals surface area contributed by atoms with Gasteiger partial charge >= 0.3 is 0 Å². The Balaban J connectivity index is 1.56. The minimum absolute atomic E-state index is 0.132. The number of aromatic nitrogens is 2. The highest BCUT2D eigenvalue weighted by molar-refractivity contribution is 5.80. The van der Waals surface area contributed by atoms with Crippen LogP contribution in [0.15, 0.2) is 67.3 Å². The Morgan fingerprint density at radius 2 is 1.85 bits per heavy atom. The zero-order valence-electron chi connectivity index (χ0n) is 15.9. The highest BCUT2D eigenvalue weighted by Crippen LogP contribution is 2.26. The fourth-order valence-electron chi connectivity index (χ4n) is 2.84. The fourth-order valence-corrected chi connectivity index (χ4v) is 2.84. The first-order valence-corrected chi connectivity index (χ1v) is 9.15. The normalized spacial score (nSPS) is 12.0. The number of carbonyl (C=O) groups is 1. The van der Waals surface area contributed by atoms with Crippen LogP contribution in [-0.4, -0.2) is 21.6 Å². The Kier molecular flexibility index (Phi) is 5.91. The van der Waals surface area contributed by atoms with Crippen molar-refractivity contribution in [2.75, 3.05) is 0 Å². The first-order valence-electron chi connectivity index (χ1n) is 9.15. The molecule has 0 radical (unpaired) electrons. The van der Waals surface area contributed by atoms with E-state index in [4.69, 9.17) is 4.74 Å². The van der Waals surface area contributed by atoms with Gasteiger partial charge in [0.1, 0.15) is 5.75 Å². The number of hydrogen-bond donors (Lipinski definition) is 1. The van der Waals surface area contributed by atoms with E-state index in [0.29, 0.717) is 12.5 Å². The molecule has 5 nitrogen and oxygen atoms in total. The quantitative estimate of drug-likeness (QED) is 0.688. The van der Waals surface area contributed by atoms with Gasteiger partial charge in [-0.1, -0.05) is 44.2 Å². The van der Waals surface area contributed by atoms with Gasteiger partial charge in [0.15, 0.2) is 6.10 Å². The van der Waals surface area contributed by atoms with Crippen molar-refractivity contribution in [2.45, 2.75) is 39.3 Å². The Bertz CT molecular complexity index is 871. The number of rotatable bonds is 7. The number of hydrogen-bond acceptors (Lipinski definition) is 3. The smallest absolute Gasteiger partial charge is 0.261 e. The maximum Gasteiger partial charge on any atom is 0.261 e. The van der Waals surface area contributed by atoms with E-state index in [2.05, 4.69) is 24.1 Å². The van der Waals surface area contributed by atoms with Crippen LogP contribution in [0.2, 0.25) is 0 Å². The van der Waals surface area contributed by atoms with Crippen molar-refractivity contribution in [3.05, 3.63) is 78.4 Å². The monoisotopic (exact) mass is 363 g/mol. The Morgan fingerprint density at radius 1 is 1.11 bits per heavy atom. The van der Waals surface area contributed by atoms with Crippen LogP contribution in [-0.2, 0) is 11.3 Å². The number of para-hydroxylation sites is 1. The number of carbonyl (C=O) groups excluding carboxylic acids is 1. The molecule has 2 aromatic carbocycles. The second kappa shape index (κ2) is 8.54. The predicted octanol–water partition coefficient (Wildman–Crippen LogP) is 4.08. The molecular weight excluding hydrogens is 338 g/mol. The number of imidazole rings is 1. The largest absolute Gasteiger partial charge is 0.481 e. The molecule has 1 aromatic heterocycles. The molecule has 0 unspecified atom stereocenters. The molecule has 0 bridgehead atoms. The summed E-state index contributed by atoms with van der Waals surface area (Å²) in [4.78, 5) is 16.5. The number of benzene rings is 2. The Hall–Kier alpha value is -3.08. The minimum atomic E-state index is -0.560. The van der Waals surface area contributed by atoms with E-state index in [0.717, 1.165) is 22.6 Å². The first kappa shape index (κ1) is 18.7. The molecule has 0 fully saturated rings. The summed E-state index contributed by atoms with van der Waals surface area (Å²) in [7, 11) is 0. The van der Waals surface area contributed by atoms with Crippen LogP contribution < -0.4 is 10.1 Å². The van der Waals surface area contributed by atoms with Crippen LogP contribution in [0.3, 0.4) is 0 Å². The van der Waals surface area contributed by atoms with Crippen molar-refractivity contribution in [3.63, 3.8) is 0 Å². The molecule has 0 spiro atoms. The van der Waals surface area contributed by atoms with Gasteiger partial charge in [-0.2, -0.15) is 0 Å². The predicted molar refractivity (Wildman–Crippen MR) is 106 cm³/mol. The summed E-state index contributed by atoms with van der Waals surface area (Å²) < 4.78 is 7.84. The Morgan fingerprint density at radius 3 is 2.52 bits per heavy atom. The number of nitrogens with one attached hydrogen (secondary N) is 1. The Labute approximate surface area is 160 Å². The van der Waals surface area contributed by atoms with Crippen molar-refractivity contribution in [1.29, 1.82) is 0 Å². The van der Waals surface area contributed by atoms with Crippen molar-refractivity contribution < 1.29 is 9.53 Å². The van der Waals surface area contributed by atoms with Crippen molar-refractivity contribution in [1.82, 2.24) is 14.9 Å². The number of amides is 1. The maximum absolute atomic E-state index is 12.4. The summed E-state index contributed by atoms with van der Waals surface area (Å²) in [6.07, 6.45) is 4.83. The number of ether oxygens (including phenoxy) is 1. The molecule has 1 amide bonds. The third-order valence-electron chi connectivity index (χ3n) is 4.42. The van der Waals surface area contributed by atoms with Crippen LogP contribution in [0.5, 0.6) is 5.75 Å². The summed E-state index contributed by atoms with van der Waals surface area (Å²) >= 11 is 0. The van der Waals surface area contributed by atoms with Crippen molar-refractivity contribution in [3.8, 4) is 11.4 Å². The lowest BCUT2D eigenvalue weighted by Gasteiger charge is -2.18. The topological polar surface area (TPSA) is 56.1 Å². The summed E-state index contributed by atoms with van der Waals surface area (Å²) in [5.41, 5.74) is 3.17. The van der Waals surface area contributed by atoms with Gasteiger partial charge in [0.25, 0.3) is 5.91 Å². The van der Waals surface area contributed by atoms with Gasteiger partial charge < -0.3 is 14.6 Å². The molecule has 0 aliphatic carbocycles. The summed E-state index contributed by atoms with van der Waals surface area (Å²) in [5, 5.41) is 2.94. The van der Waals surface area contributed by atoms with E-state index in [1.807, 2.05) is 59.3 Å².